The van der Waals surface area contributed by atoms with Crippen LogP contribution in [0.2, 0.25) is 0 Å². The molecule has 0 aliphatic rings. The fraction of sp³-hybridized carbons (Fsp3) is 0.0714. The summed E-state index contributed by atoms with van der Waals surface area (Å²) in [6, 6.07) is 8.14. The summed E-state index contributed by atoms with van der Waals surface area (Å²) in [6.45, 7) is 0. The number of rotatable bonds is 2. The van der Waals surface area contributed by atoms with Gasteiger partial charge in [-0.25, -0.2) is 9.18 Å². The molecule has 21 heavy (non-hydrogen) atoms. The van der Waals surface area contributed by atoms with Crippen molar-refractivity contribution in [2.45, 2.75) is 6.18 Å². The Morgan fingerprint density at radius 2 is 1.24 bits per heavy atom. The summed E-state index contributed by atoms with van der Waals surface area (Å²) in [4.78, 5) is 11.4. The Morgan fingerprint density at radius 1 is 0.810 bits per heavy atom. The van der Waals surface area contributed by atoms with Gasteiger partial charge in [0, 0.05) is 0 Å². The molecule has 0 fully saturated rings. The van der Waals surface area contributed by atoms with Crippen molar-refractivity contribution in [3.8, 4) is 11.5 Å². The molecule has 0 aliphatic heterocycles. The number of carbonyl (C=O) groups is 1. The number of benzene rings is 2. The summed E-state index contributed by atoms with van der Waals surface area (Å²) in [7, 11) is 0. The van der Waals surface area contributed by atoms with E-state index in [9.17, 15) is 22.4 Å². The minimum absolute atomic E-state index is 0.0494. The number of ether oxygens (including phenoxy) is 2. The second-order valence-corrected chi connectivity index (χ2v) is 3.93. The molecule has 0 unspecified atom stereocenters. The normalized spacial score (nSPS) is 11.0. The summed E-state index contributed by atoms with van der Waals surface area (Å²) in [5.74, 6) is -0.554. The molecule has 7 heteroatoms. The van der Waals surface area contributed by atoms with Gasteiger partial charge in [0.1, 0.15) is 17.3 Å². The molecule has 0 saturated carbocycles. The minimum atomic E-state index is -4.47. The first-order valence-electron chi connectivity index (χ1n) is 5.67. The van der Waals surface area contributed by atoms with Crippen LogP contribution in [0.5, 0.6) is 11.5 Å². The number of carbonyl (C=O) groups excluding carboxylic acids is 1. The quantitative estimate of drug-likeness (QED) is 0.468. The van der Waals surface area contributed by atoms with Crippen LogP contribution in [0.3, 0.4) is 0 Å². The summed E-state index contributed by atoms with van der Waals surface area (Å²) < 4.78 is 59.1. The maximum atomic E-state index is 12.6. The third-order valence-corrected chi connectivity index (χ3v) is 2.40. The van der Waals surface area contributed by atoms with E-state index >= 15 is 0 Å². The van der Waals surface area contributed by atoms with Crippen LogP contribution < -0.4 is 9.47 Å². The highest BCUT2D eigenvalue weighted by molar-refractivity contribution is 5.67. The van der Waals surface area contributed by atoms with E-state index in [4.69, 9.17) is 9.47 Å². The van der Waals surface area contributed by atoms with Gasteiger partial charge in [-0.1, -0.05) is 0 Å². The topological polar surface area (TPSA) is 35.5 Å². The van der Waals surface area contributed by atoms with E-state index in [2.05, 4.69) is 0 Å². The molecule has 0 aromatic heterocycles. The number of halogens is 4. The van der Waals surface area contributed by atoms with Crippen LogP contribution in [0.15, 0.2) is 48.5 Å². The van der Waals surface area contributed by atoms with Gasteiger partial charge in [0.25, 0.3) is 0 Å². The second kappa shape index (κ2) is 5.82. The molecule has 0 amide bonds. The van der Waals surface area contributed by atoms with E-state index in [1.807, 2.05) is 0 Å². The summed E-state index contributed by atoms with van der Waals surface area (Å²) >= 11 is 0. The highest BCUT2D eigenvalue weighted by Gasteiger charge is 2.30. The van der Waals surface area contributed by atoms with Gasteiger partial charge in [0.2, 0.25) is 0 Å². The van der Waals surface area contributed by atoms with Crippen molar-refractivity contribution in [3.05, 3.63) is 59.9 Å². The molecule has 110 valence electrons. The lowest BCUT2D eigenvalue weighted by Crippen LogP contribution is -2.14. The zero-order valence-electron chi connectivity index (χ0n) is 10.4. The second-order valence-electron chi connectivity index (χ2n) is 3.93. The van der Waals surface area contributed by atoms with Gasteiger partial charge in [0.15, 0.2) is 0 Å². The average Bonchev–Trinajstić information content (AvgIpc) is 2.41. The van der Waals surface area contributed by atoms with E-state index in [1.54, 1.807) is 0 Å². The van der Waals surface area contributed by atoms with E-state index < -0.39 is 23.7 Å². The Morgan fingerprint density at radius 3 is 1.67 bits per heavy atom. The lowest BCUT2D eigenvalue weighted by molar-refractivity contribution is -0.137. The maximum absolute atomic E-state index is 12.6. The van der Waals surface area contributed by atoms with Gasteiger partial charge < -0.3 is 9.47 Å². The molecule has 2 aromatic carbocycles. The van der Waals surface area contributed by atoms with Crippen molar-refractivity contribution >= 4 is 6.16 Å². The van der Waals surface area contributed by atoms with Crippen LogP contribution in [0.25, 0.3) is 0 Å². The van der Waals surface area contributed by atoms with Crippen LogP contribution in [-0.4, -0.2) is 6.16 Å². The number of hydrogen-bond acceptors (Lipinski definition) is 3. The van der Waals surface area contributed by atoms with Gasteiger partial charge >= 0.3 is 12.3 Å². The summed E-state index contributed by atoms with van der Waals surface area (Å²) in [5, 5.41) is 0. The predicted molar refractivity (Wildman–Crippen MR) is 64.5 cm³/mol. The molecule has 0 saturated heterocycles. The van der Waals surface area contributed by atoms with Crippen LogP contribution >= 0.6 is 0 Å². The van der Waals surface area contributed by atoms with E-state index in [0.29, 0.717) is 0 Å². The fourth-order valence-corrected chi connectivity index (χ4v) is 1.43. The van der Waals surface area contributed by atoms with Crippen molar-refractivity contribution in [1.29, 1.82) is 0 Å². The van der Waals surface area contributed by atoms with Gasteiger partial charge in [-0.05, 0) is 48.5 Å². The average molecular weight is 300 g/mol. The highest BCUT2D eigenvalue weighted by atomic mass is 19.4. The smallest absolute Gasteiger partial charge is 0.395 e. The van der Waals surface area contributed by atoms with Crippen LogP contribution in [-0.2, 0) is 6.18 Å². The van der Waals surface area contributed by atoms with Crippen molar-refractivity contribution in [3.63, 3.8) is 0 Å². The molecule has 0 N–H and O–H groups in total. The van der Waals surface area contributed by atoms with Gasteiger partial charge in [-0.3, -0.25) is 0 Å². The Hall–Kier alpha value is -2.57. The summed E-state index contributed by atoms with van der Waals surface area (Å²) in [5.41, 5.74) is -0.859. The van der Waals surface area contributed by atoms with E-state index in [-0.39, 0.29) is 11.5 Å². The monoisotopic (exact) mass is 300 g/mol. The Labute approximate surface area is 116 Å². The Kier molecular flexibility index (Phi) is 4.11. The predicted octanol–water partition coefficient (Wildman–Crippen LogP) is 4.42. The third-order valence-electron chi connectivity index (χ3n) is 2.40. The van der Waals surface area contributed by atoms with Gasteiger partial charge in [0.05, 0.1) is 5.56 Å². The fourth-order valence-electron chi connectivity index (χ4n) is 1.43. The highest BCUT2D eigenvalue weighted by Crippen LogP contribution is 2.30. The zero-order valence-corrected chi connectivity index (χ0v) is 10.4. The SMILES string of the molecule is O=C(Oc1ccc(F)cc1)Oc1ccc(C(F)(F)F)cc1. The third kappa shape index (κ3) is 4.20. The van der Waals surface area contributed by atoms with Gasteiger partial charge in [-0.2, -0.15) is 13.2 Å². The molecule has 3 nitrogen and oxygen atoms in total. The molecule has 2 rings (SSSR count). The Balaban J connectivity index is 1.98. The van der Waals surface area contributed by atoms with Gasteiger partial charge in [-0.15, -0.1) is 0 Å². The molecule has 0 heterocycles. The largest absolute Gasteiger partial charge is 0.519 e. The summed E-state index contributed by atoms with van der Waals surface area (Å²) in [6.07, 6.45) is -5.60. The first-order valence-corrected chi connectivity index (χ1v) is 5.67. The minimum Gasteiger partial charge on any atom is -0.395 e. The number of alkyl halides is 3. The van der Waals surface area contributed by atoms with Crippen molar-refractivity contribution < 1.29 is 31.8 Å². The van der Waals surface area contributed by atoms with E-state index in [0.717, 1.165) is 36.4 Å². The van der Waals surface area contributed by atoms with E-state index in [1.165, 1.54) is 12.1 Å². The molecule has 0 spiro atoms. The first-order chi connectivity index (χ1) is 9.84. The molecule has 0 radical (unpaired) electrons. The molecule has 0 aliphatic carbocycles. The standard InChI is InChI=1S/C14H8F4O3/c15-10-3-7-12(8-4-10)21-13(19)20-11-5-1-9(2-6-11)14(16,17)18/h1-8H. The molecule has 0 atom stereocenters. The molecular formula is C14H8F4O3. The number of hydrogen-bond donors (Lipinski definition) is 0. The first kappa shape index (κ1) is 14.8. The molecule has 2 aromatic rings. The van der Waals surface area contributed by atoms with Crippen LogP contribution in [0.1, 0.15) is 5.56 Å². The lowest BCUT2D eigenvalue weighted by Gasteiger charge is -2.08. The van der Waals surface area contributed by atoms with Crippen molar-refractivity contribution in [2.75, 3.05) is 0 Å². The lowest BCUT2D eigenvalue weighted by atomic mass is 10.2. The molecular weight excluding hydrogens is 292 g/mol. The van der Waals surface area contributed by atoms with Crippen LogP contribution in [0, 0.1) is 5.82 Å². The zero-order chi connectivity index (χ0) is 15.5. The van der Waals surface area contributed by atoms with Crippen molar-refractivity contribution in [2.24, 2.45) is 0 Å². The van der Waals surface area contributed by atoms with Crippen molar-refractivity contribution in [1.82, 2.24) is 0 Å². The molecule has 0 bridgehead atoms. The van der Waals surface area contributed by atoms with Crippen LogP contribution in [0.4, 0.5) is 22.4 Å². The Bertz CT molecular complexity index is 618. The maximum Gasteiger partial charge on any atom is 0.519 e.